The maximum Gasteiger partial charge on any atom is 0.219 e. The van der Waals surface area contributed by atoms with Gasteiger partial charge < -0.3 is 15.5 Å². The van der Waals surface area contributed by atoms with Gasteiger partial charge in [-0.05, 0) is 28.9 Å². The van der Waals surface area contributed by atoms with Crippen LogP contribution in [0.15, 0.2) is 39.2 Å². The lowest BCUT2D eigenvalue weighted by Gasteiger charge is -2.20. The highest BCUT2D eigenvalue weighted by Gasteiger charge is 2.25. The van der Waals surface area contributed by atoms with Crippen LogP contribution in [0.2, 0.25) is 0 Å². The fourth-order valence-electron chi connectivity index (χ4n) is 2.14. The van der Waals surface area contributed by atoms with Crippen molar-refractivity contribution < 1.29 is 13.8 Å². The van der Waals surface area contributed by atoms with Gasteiger partial charge in [-0.3, -0.25) is 4.79 Å². The number of hydrogen-bond acceptors (Lipinski definition) is 7. The summed E-state index contributed by atoms with van der Waals surface area (Å²) in [5.74, 6) is 1.33. The first-order valence-electron chi connectivity index (χ1n) is 5.84. The topological polar surface area (TPSA) is 107 Å². The highest BCUT2D eigenvalue weighted by molar-refractivity contribution is 5.92. The van der Waals surface area contributed by atoms with Crippen molar-refractivity contribution >= 4 is 17.4 Å². The number of allylic oxidation sites excluding steroid dienone is 2. The zero-order valence-corrected chi connectivity index (χ0v) is 10.00. The highest BCUT2D eigenvalue weighted by atomic mass is 16.6. The first kappa shape index (κ1) is 11.5. The number of carbonyl (C=O) groups is 1. The molecule has 0 radical (unpaired) electrons. The molecule has 2 heterocycles. The third kappa shape index (κ3) is 2.35. The molecule has 0 saturated heterocycles. The number of nitrogens with one attached hydrogen (secondary N) is 1. The Bertz CT molecular complexity index is 615. The Balaban J connectivity index is 1.78. The number of rotatable bonds is 3. The summed E-state index contributed by atoms with van der Waals surface area (Å²) >= 11 is 0. The summed E-state index contributed by atoms with van der Waals surface area (Å²) in [7, 11) is 0. The maximum absolute atomic E-state index is 11.7. The molecule has 1 atom stereocenters. The lowest BCUT2D eigenvalue weighted by molar-refractivity contribution is -0.115. The van der Waals surface area contributed by atoms with Gasteiger partial charge in [0.1, 0.15) is 5.76 Å². The molecule has 3 N–H and O–H groups in total. The maximum atomic E-state index is 11.7. The molecule has 1 unspecified atom stereocenters. The third-order valence-electron chi connectivity index (χ3n) is 2.99. The summed E-state index contributed by atoms with van der Waals surface area (Å²) in [6, 6.07) is 3.68. The van der Waals surface area contributed by atoms with Crippen LogP contribution in [0, 0.1) is 0 Å². The summed E-state index contributed by atoms with van der Waals surface area (Å²) in [5.41, 5.74) is 6.28. The van der Waals surface area contributed by atoms with Crippen molar-refractivity contribution in [3.63, 3.8) is 0 Å². The second kappa shape index (κ2) is 4.60. The highest BCUT2D eigenvalue weighted by Crippen LogP contribution is 2.32. The summed E-state index contributed by atoms with van der Waals surface area (Å²) in [6.07, 6.45) is 4.23. The van der Waals surface area contributed by atoms with Crippen LogP contribution in [0.3, 0.4) is 0 Å². The van der Waals surface area contributed by atoms with Crippen LogP contribution in [-0.2, 0) is 4.79 Å². The lowest BCUT2D eigenvalue weighted by atomic mass is 9.89. The van der Waals surface area contributed by atoms with Crippen LogP contribution in [0.25, 0.3) is 0 Å². The SMILES string of the molecule is Nc1nonc1NC1=CC(=O)CC(c2ccco2)C1. The van der Waals surface area contributed by atoms with E-state index in [-0.39, 0.29) is 17.5 Å². The Hall–Kier alpha value is -2.57. The molecule has 0 fully saturated rings. The average molecular weight is 260 g/mol. The van der Waals surface area contributed by atoms with E-state index in [1.165, 1.54) is 0 Å². The number of furan rings is 1. The van der Waals surface area contributed by atoms with Crippen LogP contribution < -0.4 is 11.1 Å². The Kier molecular flexibility index (Phi) is 2.79. The molecule has 0 aliphatic heterocycles. The molecular formula is C12H12N4O3. The predicted octanol–water partition coefficient (Wildman–Crippen LogP) is 1.69. The smallest absolute Gasteiger partial charge is 0.219 e. The van der Waals surface area contributed by atoms with Gasteiger partial charge in [-0.2, -0.15) is 0 Å². The molecule has 1 aliphatic rings. The van der Waals surface area contributed by atoms with Gasteiger partial charge in [0.15, 0.2) is 5.78 Å². The van der Waals surface area contributed by atoms with Crippen LogP contribution in [0.4, 0.5) is 11.6 Å². The molecule has 7 nitrogen and oxygen atoms in total. The quantitative estimate of drug-likeness (QED) is 0.864. The first-order chi connectivity index (χ1) is 9.22. The minimum atomic E-state index is 0.0242. The summed E-state index contributed by atoms with van der Waals surface area (Å²) in [4.78, 5) is 11.7. The van der Waals surface area contributed by atoms with Gasteiger partial charge in [-0.15, -0.1) is 0 Å². The molecular weight excluding hydrogens is 248 g/mol. The van der Waals surface area contributed by atoms with E-state index >= 15 is 0 Å². The standard InChI is InChI=1S/C12H12N4O3/c13-11-12(16-19-15-11)14-8-4-7(5-9(17)6-8)10-2-1-3-18-10/h1-3,6-7H,4-5H2,(H2,13,15)(H,14,16). The van der Waals surface area contributed by atoms with Gasteiger partial charge in [-0.25, -0.2) is 4.63 Å². The van der Waals surface area contributed by atoms with Crippen molar-refractivity contribution in [3.8, 4) is 0 Å². The zero-order valence-electron chi connectivity index (χ0n) is 10.00. The molecule has 0 spiro atoms. The van der Waals surface area contributed by atoms with Gasteiger partial charge in [0.2, 0.25) is 11.6 Å². The minimum absolute atomic E-state index is 0.0242. The van der Waals surface area contributed by atoms with E-state index in [0.717, 1.165) is 11.5 Å². The summed E-state index contributed by atoms with van der Waals surface area (Å²) in [6.45, 7) is 0. The minimum Gasteiger partial charge on any atom is -0.469 e. The molecule has 98 valence electrons. The predicted molar refractivity (Wildman–Crippen MR) is 66.1 cm³/mol. The lowest BCUT2D eigenvalue weighted by Crippen LogP contribution is -2.16. The number of aromatic nitrogens is 2. The van der Waals surface area contributed by atoms with Crippen molar-refractivity contribution in [1.82, 2.24) is 10.3 Å². The number of ketones is 1. The van der Waals surface area contributed by atoms with E-state index in [2.05, 4.69) is 20.3 Å². The van der Waals surface area contributed by atoms with Gasteiger partial charge in [-0.1, -0.05) is 0 Å². The largest absolute Gasteiger partial charge is 0.469 e. The summed E-state index contributed by atoms with van der Waals surface area (Å²) in [5, 5.41) is 10.1. The second-order valence-corrected chi connectivity index (χ2v) is 4.38. The monoisotopic (exact) mass is 260 g/mol. The van der Waals surface area contributed by atoms with Gasteiger partial charge >= 0.3 is 0 Å². The third-order valence-corrected chi connectivity index (χ3v) is 2.99. The molecule has 19 heavy (non-hydrogen) atoms. The number of nitrogens with zero attached hydrogens (tertiary/aromatic N) is 2. The van der Waals surface area contributed by atoms with Gasteiger partial charge in [0.25, 0.3) is 0 Å². The van der Waals surface area contributed by atoms with Crippen LogP contribution in [-0.4, -0.2) is 16.1 Å². The Labute approximate surface area is 108 Å². The van der Waals surface area contributed by atoms with E-state index in [1.807, 2.05) is 12.1 Å². The number of nitrogens with two attached hydrogens (primary N) is 1. The Morgan fingerprint density at radius 2 is 2.26 bits per heavy atom. The van der Waals surface area contributed by atoms with E-state index < -0.39 is 0 Å². The van der Waals surface area contributed by atoms with Crippen LogP contribution in [0.5, 0.6) is 0 Å². The van der Waals surface area contributed by atoms with Gasteiger partial charge in [0.05, 0.1) is 6.26 Å². The first-order valence-corrected chi connectivity index (χ1v) is 5.84. The summed E-state index contributed by atoms with van der Waals surface area (Å²) < 4.78 is 9.84. The molecule has 1 aliphatic carbocycles. The Morgan fingerprint density at radius 1 is 1.37 bits per heavy atom. The number of anilines is 2. The van der Waals surface area contributed by atoms with E-state index in [9.17, 15) is 4.79 Å². The number of carbonyl (C=O) groups excluding carboxylic acids is 1. The molecule has 2 aromatic heterocycles. The van der Waals surface area contributed by atoms with E-state index in [1.54, 1.807) is 12.3 Å². The number of nitrogen functional groups attached to an aromatic ring is 1. The second-order valence-electron chi connectivity index (χ2n) is 4.38. The molecule has 0 amide bonds. The fourth-order valence-corrected chi connectivity index (χ4v) is 2.14. The molecule has 3 rings (SSSR count). The Morgan fingerprint density at radius 3 is 2.95 bits per heavy atom. The van der Waals surface area contributed by atoms with Gasteiger partial charge in [0, 0.05) is 24.1 Å². The van der Waals surface area contributed by atoms with Crippen molar-refractivity contribution in [2.24, 2.45) is 0 Å². The van der Waals surface area contributed by atoms with Crippen LogP contribution >= 0.6 is 0 Å². The van der Waals surface area contributed by atoms with Crippen molar-refractivity contribution in [2.75, 3.05) is 11.1 Å². The van der Waals surface area contributed by atoms with Crippen molar-refractivity contribution in [3.05, 3.63) is 35.9 Å². The van der Waals surface area contributed by atoms with E-state index in [4.69, 9.17) is 10.2 Å². The van der Waals surface area contributed by atoms with Crippen molar-refractivity contribution in [2.45, 2.75) is 18.8 Å². The zero-order chi connectivity index (χ0) is 13.2. The average Bonchev–Trinajstić information content (AvgIpc) is 3.01. The molecule has 0 bridgehead atoms. The molecule has 2 aromatic rings. The van der Waals surface area contributed by atoms with Crippen LogP contribution in [0.1, 0.15) is 24.5 Å². The van der Waals surface area contributed by atoms with E-state index in [0.29, 0.717) is 18.7 Å². The molecule has 0 saturated carbocycles. The molecule has 0 aromatic carbocycles. The number of hydrogen-bond donors (Lipinski definition) is 2. The molecule has 7 heteroatoms. The normalized spacial score (nSPS) is 19.3. The fraction of sp³-hybridized carbons (Fsp3) is 0.250. The van der Waals surface area contributed by atoms with Crippen molar-refractivity contribution in [1.29, 1.82) is 0 Å².